The molecule has 0 amide bonds. The Hall–Kier alpha value is -1.53. The standard InChI is InChI=1S/C15H22N2O/c1-11(2)14(8-16)10-17-9-13-5-6-15(18-4)12(3)7-13/h5-7,11,14,17H,9-10H2,1-4H3. The Morgan fingerprint density at radius 2 is 2.11 bits per heavy atom. The van der Waals surface area contributed by atoms with E-state index < -0.39 is 0 Å². The number of benzene rings is 1. The molecule has 0 bridgehead atoms. The number of nitrogens with one attached hydrogen (secondary N) is 1. The molecule has 0 aromatic heterocycles. The normalized spacial score (nSPS) is 12.2. The van der Waals surface area contributed by atoms with E-state index in [1.165, 1.54) is 5.56 Å². The highest BCUT2D eigenvalue weighted by molar-refractivity contribution is 5.36. The van der Waals surface area contributed by atoms with Crippen molar-refractivity contribution >= 4 is 0 Å². The van der Waals surface area contributed by atoms with Gasteiger partial charge in [-0.2, -0.15) is 5.26 Å². The largest absolute Gasteiger partial charge is 0.496 e. The van der Waals surface area contributed by atoms with Crippen molar-refractivity contribution in [2.45, 2.75) is 27.3 Å². The van der Waals surface area contributed by atoms with Crippen molar-refractivity contribution < 1.29 is 4.74 Å². The summed E-state index contributed by atoms with van der Waals surface area (Å²) < 4.78 is 5.23. The maximum absolute atomic E-state index is 9.00. The van der Waals surface area contributed by atoms with Crippen LogP contribution in [0.4, 0.5) is 0 Å². The number of hydrogen-bond acceptors (Lipinski definition) is 3. The van der Waals surface area contributed by atoms with Crippen molar-refractivity contribution in [2.24, 2.45) is 11.8 Å². The van der Waals surface area contributed by atoms with Gasteiger partial charge < -0.3 is 10.1 Å². The molecule has 1 aromatic rings. The van der Waals surface area contributed by atoms with Gasteiger partial charge in [0.2, 0.25) is 0 Å². The first-order valence-corrected chi connectivity index (χ1v) is 6.32. The Morgan fingerprint density at radius 1 is 1.39 bits per heavy atom. The highest BCUT2D eigenvalue weighted by atomic mass is 16.5. The van der Waals surface area contributed by atoms with E-state index in [1.54, 1.807) is 7.11 Å². The van der Waals surface area contributed by atoms with E-state index in [-0.39, 0.29) is 5.92 Å². The van der Waals surface area contributed by atoms with Crippen LogP contribution in [0, 0.1) is 30.1 Å². The van der Waals surface area contributed by atoms with Crippen LogP contribution in [0.3, 0.4) is 0 Å². The summed E-state index contributed by atoms with van der Waals surface area (Å²) in [6.45, 7) is 7.71. The first-order valence-electron chi connectivity index (χ1n) is 6.32. The summed E-state index contributed by atoms with van der Waals surface area (Å²) in [6.07, 6.45) is 0. The molecule has 0 aliphatic rings. The van der Waals surface area contributed by atoms with Gasteiger partial charge in [-0.15, -0.1) is 0 Å². The lowest BCUT2D eigenvalue weighted by Crippen LogP contribution is -2.24. The van der Waals surface area contributed by atoms with E-state index in [0.29, 0.717) is 5.92 Å². The van der Waals surface area contributed by atoms with Crippen LogP contribution >= 0.6 is 0 Å². The van der Waals surface area contributed by atoms with Crippen LogP contribution in [0.25, 0.3) is 0 Å². The molecule has 1 aromatic carbocycles. The van der Waals surface area contributed by atoms with Crippen LogP contribution < -0.4 is 10.1 Å². The molecule has 0 saturated heterocycles. The highest BCUT2D eigenvalue weighted by Gasteiger charge is 2.11. The predicted molar refractivity (Wildman–Crippen MR) is 73.4 cm³/mol. The molecular weight excluding hydrogens is 224 g/mol. The number of hydrogen-bond donors (Lipinski definition) is 1. The summed E-state index contributed by atoms with van der Waals surface area (Å²) in [7, 11) is 1.68. The Kier molecular flexibility index (Phi) is 5.67. The zero-order valence-corrected chi connectivity index (χ0v) is 11.7. The van der Waals surface area contributed by atoms with Crippen LogP contribution in [0.1, 0.15) is 25.0 Å². The van der Waals surface area contributed by atoms with Gasteiger partial charge >= 0.3 is 0 Å². The molecule has 1 rings (SSSR count). The third kappa shape index (κ3) is 4.05. The second-order valence-corrected chi connectivity index (χ2v) is 4.91. The summed E-state index contributed by atoms with van der Waals surface area (Å²) in [5.74, 6) is 1.38. The third-order valence-electron chi connectivity index (χ3n) is 3.12. The minimum Gasteiger partial charge on any atom is -0.496 e. The second-order valence-electron chi connectivity index (χ2n) is 4.91. The van der Waals surface area contributed by atoms with E-state index in [9.17, 15) is 0 Å². The molecule has 18 heavy (non-hydrogen) atoms. The third-order valence-corrected chi connectivity index (χ3v) is 3.12. The van der Waals surface area contributed by atoms with Crippen LogP contribution in [0.5, 0.6) is 5.75 Å². The molecule has 0 aliphatic carbocycles. The van der Waals surface area contributed by atoms with Crippen molar-refractivity contribution in [3.8, 4) is 11.8 Å². The highest BCUT2D eigenvalue weighted by Crippen LogP contribution is 2.18. The summed E-state index contributed by atoms with van der Waals surface area (Å²) in [5.41, 5.74) is 2.35. The average molecular weight is 246 g/mol. The zero-order chi connectivity index (χ0) is 13.5. The van der Waals surface area contributed by atoms with Crippen molar-refractivity contribution in [3.63, 3.8) is 0 Å². The van der Waals surface area contributed by atoms with E-state index in [4.69, 9.17) is 10.00 Å². The monoisotopic (exact) mass is 246 g/mol. The van der Waals surface area contributed by atoms with Crippen molar-refractivity contribution in [3.05, 3.63) is 29.3 Å². The fourth-order valence-electron chi connectivity index (χ4n) is 1.85. The second kappa shape index (κ2) is 7.03. The molecule has 0 saturated carbocycles. The van der Waals surface area contributed by atoms with Gasteiger partial charge in [-0.3, -0.25) is 0 Å². The van der Waals surface area contributed by atoms with Crippen LogP contribution in [0.15, 0.2) is 18.2 Å². The molecule has 1 atom stereocenters. The summed E-state index contributed by atoms with van der Waals surface area (Å²) >= 11 is 0. The Bertz CT molecular complexity index is 421. The molecule has 0 aliphatic heterocycles. The molecular formula is C15H22N2O. The number of ether oxygens (including phenoxy) is 1. The van der Waals surface area contributed by atoms with Gasteiger partial charge in [0.25, 0.3) is 0 Å². The van der Waals surface area contributed by atoms with Crippen molar-refractivity contribution in [1.29, 1.82) is 5.26 Å². The Balaban J connectivity index is 2.49. The minimum atomic E-state index is 0.0735. The average Bonchev–Trinajstić information content (AvgIpc) is 2.34. The lowest BCUT2D eigenvalue weighted by molar-refractivity contribution is 0.411. The van der Waals surface area contributed by atoms with Gasteiger partial charge in [0.1, 0.15) is 5.75 Å². The quantitative estimate of drug-likeness (QED) is 0.839. The minimum absolute atomic E-state index is 0.0735. The topological polar surface area (TPSA) is 45.0 Å². The number of nitrogens with zero attached hydrogens (tertiary/aromatic N) is 1. The lowest BCUT2D eigenvalue weighted by atomic mass is 9.97. The van der Waals surface area contributed by atoms with Gasteiger partial charge in [0, 0.05) is 13.1 Å². The first-order chi connectivity index (χ1) is 8.58. The summed E-state index contributed by atoms with van der Waals surface area (Å²) in [5, 5.41) is 12.3. The Morgan fingerprint density at radius 3 is 2.61 bits per heavy atom. The fraction of sp³-hybridized carbons (Fsp3) is 0.533. The van der Waals surface area contributed by atoms with E-state index >= 15 is 0 Å². The lowest BCUT2D eigenvalue weighted by Gasteiger charge is -2.14. The molecule has 3 heteroatoms. The van der Waals surface area contributed by atoms with Crippen molar-refractivity contribution in [2.75, 3.05) is 13.7 Å². The molecule has 98 valence electrons. The molecule has 0 heterocycles. The zero-order valence-electron chi connectivity index (χ0n) is 11.7. The molecule has 1 unspecified atom stereocenters. The number of rotatable bonds is 6. The SMILES string of the molecule is COc1ccc(CNCC(C#N)C(C)C)cc1C. The fourth-order valence-corrected chi connectivity index (χ4v) is 1.85. The number of aryl methyl sites for hydroxylation is 1. The van der Waals surface area contributed by atoms with Gasteiger partial charge in [-0.25, -0.2) is 0 Å². The summed E-state index contributed by atoms with van der Waals surface area (Å²) in [4.78, 5) is 0. The maximum atomic E-state index is 9.00. The van der Waals surface area contributed by atoms with Crippen LogP contribution in [-0.4, -0.2) is 13.7 Å². The van der Waals surface area contributed by atoms with Gasteiger partial charge in [0.15, 0.2) is 0 Å². The smallest absolute Gasteiger partial charge is 0.121 e. The van der Waals surface area contributed by atoms with Crippen LogP contribution in [0.2, 0.25) is 0 Å². The van der Waals surface area contributed by atoms with E-state index in [2.05, 4.69) is 37.4 Å². The van der Waals surface area contributed by atoms with Gasteiger partial charge in [0.05, 0.1) is 19.1 Å². The van der Waals surface area contributed by atoms with E-state index in [0.717, 1.165) is 24.4 Å². The molecule has 0 radical (unpaired) electrons. The molecule has 1 N–H and O–H groups in total. The first kappa shape index (κ1) is 14.5. The Labute approximate surface area is 110 Å². The van der Waals surface area contributed by atoms with E-state index in [1.807, 2.05) is 13.0 Å². The molecule has 0 fully saturated rings. The number of methoxy groups -OCH3 is 1. The molecule has 3 nitrogen and oxygen atoms in total. The summed E-state index contributed by atoms with van der Waals surface area (Å²) in [6, 6.07) is 8.48. The maximum Gasteiger partial charge on any atom is 0.121 e. The van der Waals surface area contributed by atoms with Gasteiger partial charge in [-0.1, -0.05) is 26.0 Å². The van der Waals surface area contributed by atoms with Gasteiger partial charge in [-0.05, 0) is 30.0 Å². The van der Waals surface area contributed by atoms with Crippen LogP contribution in [-0.2, 0) is 6.54 Å². The molecule has 0 spiro atoms. The number of nitriles is 1. The van der Waals surface area contributed by atoms with Crippen molar-refractivity contribution in [1.82, 2.24) is 5.32 Å². The predicted octanol–water partition coefficient (Wildman–Crippen LogP) is 2.89.